The number of aryl methyl sites for hydroxylation is 1. The number of aliphatic carboxylic acids is 1. The zero-order valence-corrected chi connectivity index (χ0v) is 10.5. The van der Waals surface area contributed by atoms with Crippen molar-refractivity contribution in [2.45, 2.75) is 19.4 Å². The van der Waals surface area contributed by atoms with Crippen molar-refractivity contribution in [2.24, 2.45) is 5.92 Å². The molecule has 1 aromatic heterocycles. The van der Waals surface area contributed by atoms with Crippen LogP contribution in [0.2, 0.25) is 5.02 Å². The van der Waals surface area contributed by atoms with Crippen LogP contribution in [-0.4, -0.2) is 44.8 Å². The first-order valence-electron chi connectivity index (χ1n) is 5.75. The summed E-state index contributed by atoms with van der Waals surface area (Å²) in [5.41, 5.74) is 0. The van der Waals surface area contributed by atoms with Crippen LogP contribution in [0.1, 0.15) is 12.8 Å². The number of rotatable bonds is 4. The summed E-state index contributed by atoms with van der Waals surface area (Å²) in [4.78, 5) is 24.2. The lowest BCUT2D eigenvalue weighted by Gasteiger charge is -2.15. The van der Waals surface area contributed by atoms with Crippen molar-refractivity contribution in [1.82, 2.24) is 14.7 Å². The second kappa shape index (κ2) is 5.39. The Morgan fingerprint density at radius 2 is 2.33 bits per heavy atom. The standard InChI is InChI=1S/C11H14ClN3O3/c12-9-5-13-15(7-9)4-2-10(16)14-3-1-8(6-14)11(17)18/h5,7-8H,1-4,6H2,(H,17,18). The molecule has 18 heavy (non-hydrogen) atoms. The number of aromatic nitrogens is 2. The third-order valence-electron chi connectivity index (χ3n) is 3.05. The van der Waals surface area contributed by atoms with Crippen LogP contribution >= 0.6 is 11.6 Å². The maximum atomic E-state index is 11.9. The molecule has 1 aliphatic heterocycles. The van der Waals surface area contributed by atoms with Crippen molar-refractivity contribution in [3.8, 4) is 0 Å². The number of carbonyl (C=O) groups is 2. The molecule has 1 aromatic rings. The number of likely N-dealkylation sites (tertiary alicyclic amines) is 1. The predicted octanol–water partition coefficient (Wildman–Crippen LogP) is 0.860. The van der Waals surface area contributed by atoms with E-state index in [9.17, 15) is 9.59 Å². The molecule has 0 aliphatic carbocycles. The number of nitrogens with zero attached hydrogens (tertiary/aromatic N) is 3. The molecule has 0 spiro atoms. The van der Waals surface area contributed by atoms with Gasteiger partial charge in [0.2, 0.25) is 5.91 Å². The minimum Gasteiger partial charge on any atom is -0.481 e. The van der Waals surface area contributed by atoms with E-state index in [0.717, 1.165) is 0 Å². The highest BCUT2D eigenvalue weighted by molar-refractivity contribution is 6.30. The van der Waals surface area contributed by atoms with E-state index in [-0.39, 0.29) is 5.91 Å². The molecule has 0 bridgehead atoms. The molecule has 1 N–H and O–H groups in total. The smallest absolute Gasteiger partial charge is 0.308 e. The monoisotopic (exact) mass is 271 g/mol. The summed E-state index contributed by atoms with van der Waals surface area (Å²) < 4.78 is 1.60. The highest BCUT2D eigenvalue weighted by Crippen LogP contribution is 2.17. The Morgan fingerprint density at radius 1 is 1.56 bits per heavy atom. The van der Waals surface area contributed by atoms with E-state index in [0.29, 0.717) is 37.5 Å². The minimum atomic E-state index is -0.829. The van der Waals surface area contributed by atoms with Crippen LogP contribution in [0.3, 0.4) is 0 Å². The second-order valence-corrected chi connectivity index (χ2v) is 4.77. The fraction of sp³-hybridized carbons (Fsp3) is 0.545. The lowest BCUT2D eigenvalue weighted by Crippen LogP contribution is -2.30. The van der Waals surface area contributed by atoms with Gasteiger partial charge in [0.15, 0.2) is 0 Å². The van der Waals surface area contributed by atoms with E-state index in [2.05, 4.69) is 5.10 Å². The highest BCUT2D eigenvalue weighted by atomic mass is 35.5. The zero-order chi connectivity index (χ0) is 13.1. The summed E-state index contributed by atoms with van der Waals surface area (Å²) in [6.45, 7) is 1.30. The molecule has 1 fully saturated rings. The molecular formula is C11H14ClN3O3. The second-order valence-electron chi connectivity index (χ2n) is 4.34. The Kier molecular flexibility index (Phi) is 3.86. The number of carbonyl (C=O) groups excluding carboxylic acids is 1. The molecule has 1 unspecified atom stereocenters. The summed E-state index contributed by atoms with van der Waals surface area (Å²) in [5.74, 6) is -1.29. The van der Waals surface area contributed by atoms with Crippen LogP contribution in [0.25, 0.3) is 0 Å². The lowest BCUT2D eigenvalue weighted by molar-refractivity contribution is -0.141. The van der Waals surface area contributed by atoms with Gasteiger partial charge in [-0.15, -0.1) is 0 Å². The number of carboxylic acids is 1. The molecular weight excluding hydrogens is 258 g/mol. The van der Waals surface area contributed by atoms with E-state index in [1.165, 1.54) is 6.20 Å². The van der Waals surface area contributed by atoms with Gasteiger partial charge in [0.1, 0.15) is 0 Å². The average Bonchev–Trinajstić information content (AvgIpc) is 2.94. The Labute approximate surface area is 109 Å². The number of carboxylic acid groups (broad SMARTS) is 1. The van der Waals surface area contributed by atoms with E-state index in [1.807, 2.05) is 0 Å². The van der Waals surface area contributed by atoms with Gasteiger partial charge in [-0.2, -0.15) is 5.10 Å². The van der Waals surface area contributed by atoms with Gasteiger partial charge in [0, 0.05) is 32.3 Å². The van der Waals surface area contributed by atoms with Crippen LogP contribution in [0.15, 0.2) is 12.4 Å². The minimum absolute atomic E-state index is 0.0367. The normalized spacial score (nSPS) is 19.2. The molecule has 1 aliphatic rings. The third-order valence-corrected chi connectivity index (χ3v) is 3.24. The number of hydrogen-bond donors (Lipinski definition) is 1. The topological polar surface area (TPSA) is 75.4 Å². The molecule has 0 saturated carbocycles. The summed E-state index contributed by atoms with van der Waals surface area (Å²) >= 11 is 5.71. The van der Waals surface area contributed by atoms with Crippen molar-refractivity contribution in [2.75, 3.05) is 13.1 Å². The largest absolute Gasteiger partial charge is 0.481 e. The van der Waals surface area contributed by atoms with E-state index < -0.39 is 11.9 Å². The molecule has 1 amide bonds. The van der Waals surface area contributed by atoms with Crippen molar-refractivity contribution >= 4 is 23.5 Å². The summed E-state index contributed by atoms with van der Waals surface area (Å²) in [5, 5.41) is 13.4. The molecule has 1 saturated heterocycles. The SMILES string of the molecule is O=C(O)C1CCN(C(=O)CCn2cc(Cl)cn2)C1. The van der Waals surface area contributed by atoms with E-state index >= 15 is 0 Å². The molecule has 1 atom stereocenters. The third kappa shape index (κ3) is 3.01. The molecule has 2 rings (SSSR count). The Morgan fingerprint density at radius 3 is 2.89 bits per heavy atom. The molecule has 0 radical (unpaired) electrons. The highest BCUT2D eigenvalue weighted by Gasteiger charge is 2.30. The summed E-state index contributed by atoms with van der Waals surface area (Å²) in [7, 11) is 0. The Bertz CT molecular complexity index is 460. The van der Waals surface area contributed by atoms with Gasteiger partial charge < -0.3 is 10.0 Å². The van der Waals surface area contributed by atoms with Crippen molar-refractivity contribution in [3.05, 3.63) is 17.4 Å². The fourth-order valence-corrected chi connectivity index (χ4v) is 2.17. The van der Waals surface area contributed by atoms with Crippen molar-refractivity contribution in [3.63, 3.8) is 0 Å². The van der Waals surface area contributed by atoms with Gasteiger partial charge in [-0.1, -0.05) is 11.6 Å². The van der Waals surface area contributed by atoms with Crippen LogP contribution in [0.5, 0.6) is 0 Å². The van der Waals surface area contributed by atoms with E-state index in [4.69, 9.17) is 16.7 Å². The Balaban J connectivity index is 1.80. The van der Waals surface area contributed by atoms with Gasteiger partial charge in [-0.3, -0.25) is 14.3 Å². The first kappa shape index (κ1) is 12.9. The van der Waals surface area contributed by atoms with Crippen molar-refractivity contribution < 1.29 is 14.7 Å². The van der Waals surface area contributed by atoms with Crippen LogP contribution < -0.4 is 0 Å². The Hall–Kier alpha value is -1.56. The van der Waals surface area contributed by atoms with E-state index in [1.54, 1.807) is 15.8 Å². The summed E-state index contributed by atoms with van der Waals surface area (Å²) in [6, 6.07) is 0. The number of halogens is 1. The van der Waals surface area contributed by atoms with Gasteiger partial charge in [0.25, 0.3) is 0 Å². The first-order valence-corrected chi connectivity index (χ1v) is 6.12. The molecule has 7 heteroatoms. The first-order chi connectivity index (χ1) is 8.56. The zero-order valence-electron chi connectivity index (χ0n) is 9.75. The molecule has 6 nitrogen and oxygen atoms in total. The van der Waals surface area contributed by atoms with Gasteiger partial charge in [-0.25, -0.2) is 0 Å². The van der Waals surface area contributed by atoms with Gasteiger partial charge in [0.05, 0.1) is 17.1 Å². The van der Waals surface area contributed by atoms with Crippen molar-refractivity contribution in [1.29, 1.82) is 0 Å². The molecule has 2 heterocycles. The predicted molar refractivity (Wildman–Crippen MR) is 64.2 cm³/mol. The average molecular weight is 272 g/mol. The van der Waals surface area contributed by atoms with Gasteiger partial charge in [-0.05, 0) is 6.42 Å². The van der Waals surface area contributed by atoms with Crippen LogP contribution in [-0.2, 0) is 16.1 Å². The maximum absolute atomic E-state index is 11.9. The maximum Gasteiger partial charge on any atom is 0.308 e. The van der Waals surface area contributed by atoms with Crippen LogP contribution in [0, 0.1) is 5.92 Å². The van der Waals surface area contributed by atoms with Crippen LogP contribution in [0.4, 0.5) is 0 Å². The quantitative estimate of drug-likeness (QED) is 0.881. The van der Waals surface area contributed by atoms with Gasteiger partial charge >= 0.3 is 5.97 Å². The summed E-state index contributed by atoms with van der Waals surface area (Å²) in [6.07, 6.45) is 4.01. The lowest BCUT2D eigenvalue weighted by atomic mass is 10.1. The number of amides is 1. The fourth-order valence-electron chi connectivity index (χ4n) is 2.02. The molecule has 98 valence electrons. The molecule has 0 aromatic carbocycles. The number of hydrogen-bond acceptors (Lipinski definition) is 3.